The van der Waals surface area contributed by atoms with Crippen molar-refractivity contribution < 1.29 is 9.90 Å². The Labute approximate surface area is 90.3 Å². The number of aliphatic hydroxyl groups is 1. The summed E-state index contributed by atoms with van der Waals surface area (Å²) in [5.41, 5.74) is 0.832. The monoisotopic (exact) mass is 207 g/mol. The largest absolute Gasteiger partial charge is 0.386 e. The zero-order chi connectivity index (χ0) is 11.4. The maximum absolute atomic E-state index is 11.1. The Kier molecular flexibility index (Phi) is 3.86. The van der Waals surface area contributed by atoms with E-state index in [2.05, 4.69) is 0 Å². The second-order valence-corrected chi connectivity index (χ2v) is 3.73. The maximum Gasteiger partial charge on any atom is 0.219 e. The van der Waals surface area contributed by atoms with Gasteiger partial charge < -0.3 is 10.0 Å². The molecule has 1 rings (SSSR count). The second-order valence-electron chi connectivity index (χ2n) is 3.73. The molecule has 0 spiro atoms. The smallest absolute Gasteiger partial charge is 0.219 e. The van der Waals surface area contributed by atoms with E-state index in [1.165, 1.54) is 11.8 Å². The van der Waals surface area contributed by atoms with Crippen LogP contribution in [0.25, 0.3) is 0 Å². The Balaban J connectivity index is 2.77. The molecule has 0 heterocycles. The van der Waals surface area contributed by atoms with E-state index in [1.54, 1.807) is 7.05 Å². The molecule has 0 radical (unpaired) electrons. The van der Waals surface area contributed by atoms with Crippen LogP contribution < -0.4 is 0 Å². The standard InChI is InChI=1S/C12H17NO2/c1-9(13(3)10(2)14)12(15)11-7-5-4-6-8-11/h4-9,12,15H,1-3H3/t9-,12+/m1/s1. The Morgan fingerprint density at radius 3 is 2.33 bits per heavy atom. The number of aliphatic hydroxyl groups excluding tert-OH is 1. The van der Waals surface area contributed by atoms with Gasteiger partial charge in [0.2, 0.25) is 5.91 Å². The summed E-state index contributed by atoms with van der Waals surface area (Å²) in [6.07, 6.45) is -0.639. The van der Waals surface area contributed by atoms with Gasteiger partial charge in [0, 0.05) is 14.0 Å². The highest BCUT2D eigenvalue weighted by molar-refractivity contribution is 5.73. The van der Waals surface area contributed by atoms with E-state index in [-0.39, 0.29) is 11.9 Å². The fourth-order valence-corrected chi connectivity index (χ4v) is 1.43. The minimum absolute atomic E-state index is 0.0440. The number of benzene rings is 1. The van der Waals surface area contributed by atoms with Crippen LogP contribution in [0.15, 0.2) is 30.3 Å². The van der Waals surface area contributed by atoms with E-state index in [9.17, 15) is 9.90 Å². The summed E-state index contributed by atoms with van der Waals surface area (Å²) < 4.78 is 0. The molecule has 1 N–H and O–H groups in total. The summed E-state index contributed by atoms with van der Waals surface area (Å²) in [6.45, 7) is 3.33. The van der Waals surface area contributed by atoms with Crippen LogP contribution in [-0.2, 0) is 4.79 Å². The second kappa shape index (κ2) is 4.94. The third-order valence-electron chi connectivity index (χ3n) is 2.71. The lowest BCUT2D eigenvalue weighted by atomic mass is 10.0. The third-order valence-corrected chi connectivity index (χ3v) is 2.71. The van der Waals surface area contributed by atoms with Crippen LogP contribution in [0.3, 0.4) is 0 Å². The number of hydrogen-bond acceptors (Lipinski definition) is 2. The van der Waals surface area contributed by atoms with Crippen molar-refractivity contribution in [3.05, 3.63) is 35.9 Å². The maximum atomic E-state index is 11.1. The summed E-state index contributed by atoms with van der Waals surface area (Å²) in [6, 6.07) is 9.14. The highest BCUT2D eigenvalue weighted by Crippen LogP contribution is 2.19. The Morgan fingerprint density at radius 2 is 1.87 bits per heavy atom. The van der Waals surface area contributed by atoms with Crippen molar-refractivity contribution >= 4 is 5.91 Å². The molecule has 3 nitrogen and oxygen atoms in total. The van der Waals surface area contributed by atoms with Crippen LogP contribution in [-0.4, -0.2) is 29.0 Å². The van der Waals surface area contributed by atoms with Gasteiger partial charge in [-0.25, -0.2) is 0 Å². The molecule has 0 bridgehead atoms. The van der Waals surface area contributed by atoms with Crippen molar-refractivity contribution in [3.63, 3.8) is 0 Å². The molecule has 0 aliphatic heterocycles. The van der Waals surface area contributed by atoms with Crippen molar-refractivity contribution in [1.29, 1.82) is 0 Å². The number of carbonyl (C=O) groups excluding carboxylic acids is 1. The number of rotatable bonds is 3. The molecule has 0 saturated carbocycles. The lowest BCUT2D eigenvalue weighted by Gasteiger charge is -2.28. The van der Waals surface area contributed by atoms with Gasteiger partial charge in [-0.05, 0) is 12.5 Å². The molecule has 82 valence electrons. The van der Waals surface area contributed by atoms with Gasteiger partial charge in [0.05, 0.1) is 12.1 Å². The van der Waals surface area contributed by atoms with Gasteiger partial charge in [-0.1, -0.05) is 30.3 Å². The van der Waals surface area contributed by atoms with Crippen LogP contribution >= 0.6 is 0 Å². The number of nitrogens with zero attached hydrogens (tertiary/aromatic N) is 1. The van der Waals surface area contributed by atoms with E-state index in [1.807, 2.05) is 37.3 Å². The molecule has 0 aliphatic carbocycles. The average molecular weight is 207 g/mol. The van der Waals surface area contributed by atoms with Crippen LogP contribution in [0.1, 0.15) is 25.5 Å². The lowest BCUT2D eigenvalue weighted by Crippen LogP contribution is -2.37. The normalized spacial score (nSPS) is 14.4. The third kappa shape index (κ3) is 2.80. The first-order valence-corrected chi connectivity index (χ1v) is 5.00. The van der Waals surface area contributed by atoms with Crippen molar-refractivity contribution in [2.24, 2.45) is 0 Å². The molecule has 0 unspecified atom stereocenters. The van der Waals surface area contributed by atoms with E-state index in [0.717, 1.165) is 5.56 Å². The van der Waals surface area contributed by atoms with Crippen LogP contribution in [0, 0.1) is 0 Å². The minimum atomic E-state index is -0.639. The van der Waals surface area contributed by atoms with Gasteiger partial charge in [0.1, 0.15) is 0 Å². The molecular weight excluding hydrogens is 190 g/mol. The Bertz CT molecular complexity index is 324. The SMILES string of the molecule is CC(=O)N(C)[C@H](C)[C@H](O)c1ccccc1. The first-order valence-electron chi connectivity index (χ1n) is 5.00. The van der Waals surface area contributed by atoms with Crippen molar-refractivity contribution in [2.75, 3.05) is 7.05 Å². The zero-order valence-corrected chi connectivity index (χ0v) is 9.34. The molecule has 2 atom stereocenters. The lowest BCUT2D eigenvalue weighted by molar-refractivity contribution is -0.131. The average Bonchev–Trinajstić information content (AvgIpc) is 2.27. The number of amides is 1. The molecule has 3 heteroatoms. The zero-order valence-electron chi connectivity index (χ0n) is 9.34. The summed E-state index contributed by atoms with van der Waals surface area (Å²) in [7, 11) is 1.69. The molecule has 0 aliphatic rings. The van der Waals surface area contributed by atoms with E-state index >= 15 is 0 Å². The fourth-order valence-electron chi connectivity index (χ4n) is 1.43. The van der Waals surface area contributed by atoms with E-state index in [4.69, 9.17) is 0 Å². The highest BCUT2D eigenvalue weighted by atomic mass is 16.3. The van der Waals surface area contributed by atoms with E-state index < -0.39 is 6.10 Å². The van der Waals surface area contributed by atoms with Gasteiger partial charge in [-0.2, -0.15) is 0 Å². The molecule has 15 heavy (non-hydrogen) atoms. The van der Waals surface area contributed by atoms with Gasteiger partial charge in [0.25, 0.3) is 0 Å². The number of carbonyl (C=O) groups is 1. The predicted molar refractivity (Wildman–Crippen MR) is 59.3 cm³/mol. The topological polar surface area (TPSA) is 40.5 Å². The molecule has 0 saturated heterocycles. The van der Waals surface area contributed by atoms with E-state index in [0.29, 0.717) is 0 Å². The van der Waals surface area contributed by atoms with Gasteiger partial charge in [0.15, 0.2) is 0 Å². The number of likely N-dealkylation sites (N-methyl/N-ethyl adjacent to an activating group) is 1. The molecule has 1 amide bonds. The predicted octanol–water partition coefficient (Wildman–Crippen LogP) is 1.59. The minimum Gasteiger partial charge on any atom is -0.386 e. The van der Waals surface area contributed by atoms with Gasteiger partial charge >= 0.3 is 0 Å². The summed E-state index contributed by atoms with van der Waals surface area (Å²) in [5.74, 6) is -0.0440. The molecule has 1 aromatic carbocycles. The van der Waals surface area contributed by atoms with Gasteiger partial charge in [-0.15, -0.1) is 0 Å². The van der Waals surface area contributed by atoms with Crippen molar-refractivity contribution in [2.45, 2.75) is 26.0 Å². The van der Waals surface area contributed by atoms with Gasteiger partial charge in [-0.3, -0.25) is 4.79 Å². The van der Waals surface area contributed by atoms with Crippen LogP contribution in [0.5, 0.6) is 0 Å². The fraction of sp³-hybridized carbons (Fsp3) is 0.417. The van der Waals surface area contributed by atoms with Crippen LogP contribution in [0.2, 0.25) is 0 Å². The molecule has 0 fully saturated rings. The molecular formula is C12H17NO2. The summed E-state index contributed by atoms with van der Waals surface area (Å²) in [4.78, 5) is 12.7. The van der Waals surface area contributed by atoms with Crippen LogP contribution in [0.4, 0.5) is 0 Å². The summed E-state index contributed by atoms with van der Waals surface area (Å²) in [5, 5.41) is 10.0. The first-order chi connectivity index (χ1) is 7.04. The van der Waals surface area contributed by atoms with Crippen molar-refractivity contribution in [3.8, 4) is 0 Å². The Morgan fingerprint density at radius 1 is 1.33 bits per heavy atom. The highest BCUT2D eigenvalue weighted by Gasteiger charge is 2.21. The first kappa shape index (κ1) is 11.7. The number of hydrogen-bond donors (Lipinski definition) is 1. The quantitative estimate of drug-likeness (QED) is 0.817. The Hall–Kier alpha value is -1.35. The summed E-state index contributed by atoms with van der Waals surface area (Å²) >= 11 is 0. The molecule has 0 aromatic heterocycles. The van der Waals surface area contributed by atoms with Crippen molar-refractivity contribution in [1.82, 2.24) is 4.90 Å². The molecule has 1 aromatic rings.